The van der Waals surface area contributed by atoms with E-state index < -0.39 is 6.29 Å². The van der Waals surface area contributed by atoms with Gasteiger partial charge in [0.15, 0.2) is 6.29 Å². The van der Waals surface area contributed by atoms with E-state index in [1.807, 2.05) is 0 Å². The molecule has 0 radical (unpaired) electrons. The van der Waals surface area contributed by atoms with Gasteiger partial charge in [0.05, 0.1) is 6.54 Å². The molecule has 2 N–H and O–H groups in total. The molecule has 0 fully saturated rings. The van der Waals surface area contributed by atoms with E-state index in [4.69, 9.17) is 9.47 Å². The van der Waals surface area contributed by atoms with Crippen LogP contribution in [0.2, 0.25) is 0 Å². The second kappa shape index (κ2) is 7.50. The number of nitrogens with one attached hydrogen (secondary N) is 2. The molecule has 0 atom stereocenters. The molecule has 0 heterocycles. The van der Waals surface area contributed by atoms with Crippen LogP contribution in [0, 0.1) is 0 Å². The van der Waals surface area contributed by atoms with E-state index in [9.17, 15) is 9.59 Å². The fourth-order valence-electron chi connectivity index (χ4n) is 1.45. The van der Waals surface area contributed by atoms with Gasteiger partial charge >= 0.3 is 0 Å². The molecule has 0 aliphatic rings. The normalized spacial score (nSPS) is 10.3. The van der Waals surface area contributed by atoms with Gasteiger partial charge in [0, 0.05) is 32.4 Å². The summed E-state index contributed by atoms with van der Waals surface area (Å²) in [6.07, 6.45) is -0.470. The minimum Gasteiger partial charge on any atom is -0.354 e. The van der Waals surface area contributed by atoms with Crippen molar-refractivity contribution in [3.05, 3.63) is 29.8 Å². The Morgan fingerprint density at radius 3 is 2.21 bits per heavy atom. The van der Waals surface area contributed by atoms with E-state index in [1.54, 1.807) is 24.3 Å². The lowest BCUT2D eigenvalue weighted by molar-refractivity contribution is -0.114. The van der Waals surface area contributed by atoms with Gasteiger partial charge in [-0.1, -0.05) is 0 Å². The van der Waals surface area contributed by atoms with Gasteiger partial charge < -0.3 is 20.1 Å². The number of hydrogen-bond acceptors (Lipinski definition) is 4. The number of benzene rings is 1. The Morgan fingerprint density at radius 1 is 1.16 bits per heavy atom. The smallest absolute Gasteiger partial charge is 0.251 e. The van der Waals surface area contributed by atoms with Crippen molar-refractivity contribution >= 4 is 17.5 Å². The van der Waals surface area contributed by atoms with E-state index in [-0.39, 0.29) is 18.4 Å². The van der Waals surface area contributed by atoms with Gasteiger partial charge in [-0.3, -0.25) is 9.59 Å². The second-order valence-electron chi connectivity index (χ2n) is 3.87. The molecule has 0 aliphatic carbocycles. The van der Waals surface area contributed by atoms with Crippen LogP contribution in [0.1, 0.15) is 17.3 Å². The van der Waals surface area contributed by atoms with Gasteiger partial charge in [-0.05, 0) is 24.3 Å². The summed E-state index contributed by atoms with van der Waals surface area (Å²) < 4.78 is 9.93. The molecule has 104 valence electrons. The molecule has 6 heteroatoms. The molecule has 0 saturated heterocycles. The quantitative estimate of drug-likeness (QED) is 0.753. The van der Waals surface area contributed by atoms with Crippen LogP contribution in [0.25, 0.3) is 0 Å². The highest BCUT2D eigenvalue weighted by Gasteiger charge is 2.09. The van der Waals surface area contributed by atoms with Crippen LogP contribution in [0.4, 0.5) is 5.69 Å². The Kier molecular flexibility index (Phi) is 5.98. The van der Waals surface area contributed by atoms with Crippen molar-refractivity contribution in [2.75, 3.05) is 26.1 Å². The molecule has 1 aromatic carbocycles. The molecule has 0 spiro atoms. The first-order valence-corrected chi connectivity index (χ1v) is 5.78. The molecule has 0 saturated carbocycles. The van der Waals surface area contributed by atoms with Crippen molar-refractivity contribution in [2.45, 2.75) is 13.2 Å². The third kappa shape index (κ3) is 5.07. The molecule has 1 aromatic rings. The molecule has 0 bridgehead atoms. The molecule has 0 aliphatic heterocycles. The summed E-state index contributed by atoms with van der Waals surface area (Å²) in [6.45, 7) is 1.69. The minimum atomic E-state index is -0.470. The number of anilines is 1. The van der Waals surface area contributed by atoms with Gasteiger partial charge in [0.1, 0.15) is 0 Å². The average Bonchev–Trinajstić information content (AvgIpc) is 2.39. The highest BCUT2D eigenvalue weighted by atomic mass is 16.7. The zero-order valence-electron chi connectivity index (χ0n) is 11.2. The fraction of sp³-hybridized carbons (Fsp3) is 0.385. The molecule has 2 amide bonds. The van der Waals surface area contributed by atoms with Crippen LogP contribution in [-0.2, 0) is 14.3 Å². The molecule has 19 heavy (non-hydrogen) atoms. The molecular weight excluding hydrogens is 248 g/mol. The van der Waals surface area contributed by atoms with Crippen LogP contribution in [-0.4, -0.2) is 38.9 Å². The van der Waals surface area contributed by atoms with E-state index in [2.05, 4.69) is 10.6 Å². The SMILES string of the molecule is COC(CNC(=O)c1ccc(NC(C)=O)cc1)OC. The molecule has 6 nitrogen and oxygen atoms in total. The third-order valence-electron chi connectivity index (χ3n) is 2.42. The van der Waals surface area contributed by atoms with Crippen LogP contribution in [0.15, 0.2) is 24.3 Å². The predicted octanol–water partition coefficient (Wildman–Crippen LogP) is 0.994. The maximum Gasteiger partial charge on any atom is 0.251 e. The van der Waals surface area contributed by atoms with Gasteiger partial charge in [-0.25, -0.2) is 0 Å². The predicted molar refractivity (Wildman–Crippen MR) is 70.9 cm³/mol. The van der Waals surface area contributed by atoms with Crippen molar-refractivity contribution in [1.29, 1.82) is 0 Å². The highest BCUT2D eigenvalue weighted by molar-refractivity contribution is 5.95. The Morgan fingerprint density at radius 2 is 1.74 bits per heavy atom. The molecular formula is C13H18N2O4. The first-order valence-electron chi connectivity index (χ1n) is 5.78. The van der Waals surface area contributed by atoms with Gasteiger partial charge in [-0.15, -0.1) is 0 Å². The van der Waals surface area contributed by atoms with E-state index in [0.717, 1.165) is 0 Å². The number of hydrogen-bond donors (Lipinski definition) is 2. The number of carbonyl (C=O) groups is 2. The maximum absolute atomic E-state index is 11.8. The average molecular weight is 266 g/mol. The van der Waals surface area contributed by atoms with Crippen LogP contribution in [0.3, 0.4) is 0 Å². The number of carbonyl (C=O) groups excluding carboxylic acids is 2. The van der Waals surface area contributed by atoms with E-state index in [0.29, 0.717) is 11.3 Å². The van der Waals surface area contributed by atoms with Crippen molar-refractivity contribution in [1.82, 2.24) is 5.32 Å². The first-order chi connectivity index (χ1) is 9.06. The summed E-state index contributed by atoms with van der Waals surface area (Å²) in [5.74, 6) is -0.381. The Bertz CT molecular complexity index is 427. The summed E-state index contributed by atoms with van der Waals surface area (Å²) in [5.41, 5.74) is 1.15. The molecule has 1 rings (SSSR count). The maximum atomic E-state index is 11.8. The number of methoxy groups -OCH3 is 2. The molecule has 0 unspecified atom stereocenters. The van der Waals surface area contributed by atoms with Crippen LogP contribution in [0.5, 0.6) is 0 Å². The third-order valence-corrected chi connectivity index (χ3v) is 2.42. The van der Waals surface area contributed by atoms with Crippen LogP contribution < -0.4 is 10.6 Å². The largest absolute Gasteiger partial charge is 0.354 e. The highest BCUT2D eigenvalue weighted by Crippen LogP contribution is 2.09. The zero-order valence-corrected chi connectivity index (χ0v) is 11.2. The topological polar surface area (TPSA) is 76.7 Å². The summed E-state index contributed by atoms with van der Waals surface area (Å²) in [7, 11) is 3.01. The Hall–Kier alpha value is -1.92. The zero-order chi connectivity index (χ0) is 14.3. The lowest BCUT2D eigenvalue weighted by Crippen LogP contribution is -2.34. The number of amides is 2. The Labute approximate surface area is 112 Å². The monoisotopic (exact) mass is 266 g/mol. The summed E-state index contributed by atoms with van der Waals surface area (Å²) >= 11 is 0. The number of rotatable bonds is 6. The van der Waals surface area contributed by atoms with Gasteiger partial charge in [0.25, 0.3) is 5.91 Å². The summed E-state index contributed by atoms with van der Waals surface area (Å²) in [5, 5.41) is 5.31. The van der Waals surface area contributed by atoms with E-state index >= 15 is 0 Å². The summed E-state index contributed by atoms with van der Waals surface area (Å²) in [6, 6.07) is 6.60. The molecule has 0 aromatic heterocycles. The van der Waals surface area contributed by atoms with Crippen molar-refractivity contribution in [3.8, 4) is 0 Å². The number of ether oxygens (including phenoxy) is 2. The lowest BCUT2D eigenvalue weighted by Gasteiger charge is -2.14. The van der Waals surface area contributed by atoms with Crippen LogP contribution >= 0.6 is 0 Å². The Balaban J connectivity index is 2.55. The standard InChI is InChI=1S/C13H18N2O4/c1-9(16)15-11-6-4-10(5-7-11)13(17)14-8-12(18-2)19-3/h4-7,12H,8H2,1-3H3,(H,14,17)(H,15,16). The fourth-order valence-corrected chi connectivity index (χ4v) is 1.45. The van der Waals surface area contributed by atoms with Crippen molar-refractivity contribution in [3.63, 3.8) is 0 Å². The van der Waals surface area contributed by atoms with Crippen molar-refractivity contribution < 1.29 is 19.1 Å². The first kappa shape index (κ1) is 15.1. The van der Waals surface area contributed by atoms with Gasteiger partial charge in [0.2, 0.25) is 5.91 Å². The van der Waals surface area contributed by atoms with E-state index in [1.165, 1.54) is 21.1 Å². The second-order valence-corrected chi connectivity index (χ2v) is 3.87. The van der Waals surface area contributed by atoms with Gasteiger partial charge in [-0.2, -0.15) is 0 Å². The minimum absolute atomic E-state index is 0.153. The lowest BCUT2D eigenvalue weighted by atomic mass is 10.2. The summed E-state index contributed by atoms with van der Waals surface area (Å²) in [4.78, 5) is 22.7. The van der Waals surface area contributed by atoms with Crippen molar-refractivity contribution in [2.24, 2.45) is 0 Å².